The van der Waals surface area contributed by atoms with Gasteiger partial charge in [0, 0.05) is 26.3 Å². The Bertz CT molecular complexity index is 283. The maximum atomic E-state index is 12.7. The van der Waals surface area contributed by atoms with Crippen molar-refractivity contribution in [3.8, 4) is 0 Å². The lowest BCUT2D eigenvalue weighted by atomic mass is 10.5. The summed E-state index contributed by atoms with van der Waals surface area (Å²) in [5, 5.41) is 0. The Morgan fingerprint density at radius 3 is 2.93 bits per heavy atom. The van der Waals surface area contributed by atoms with Crippen LogP contribution in [0.4, 0.5) is 10.2 Å². The van der Waals surface area contributed by atoms with Gasteiger partial charge >= 0.3 is 0 Å². The molecule has 1 aromatic heterocycles. The van der Waals surface area contributed by atoms with Crippen LogP contribution in [0.3, 0.4) is 0 Å². The molecule has 1 rings (SSSR count). The van der Waals surface area contributed by atoms with Crippen molar-refractivity contribution in [2.75, 3.05) is 31.7 Å². The molecule has 0 bridgehead atoms. The second kappa shape index (κ2) is 5.49. The number of nitrogens with zero attached hydrogens (tertiary/aromatic N) is 3. The largest absolute Gasteiger partial charge is 0.380 e. The number of halogens is 1. The van der Waals surface area contributed by atoms with E-state index in [4.69, 9.17) is 4.74 Å². The normalized spacial score (nSPS) is 10.2. The van der Waals surface area contributed by atoms with Crippen LogP contribution in [-0.2, 0) is 4.74 Å². The van der Waals surface area contributed by atoms with Crippen LogP contribution in [-0.4, -0.2) is 36.8 Å². The van der Waals surface area contributed by atoms with E-state index in [0.717, 1.165) is 0 Å². The molecule has 0 spiro atoms. The zero-order valence-corrected chi connectivity index (χ0v) is 8.40. The molecule has 0 aliphatic carbocycles. The van der Waals surface area contributed by atoms with Gasteiger partial charge in [0.15, 0.2) is 0 Å². The van der Waals surface area contributed by atoms with Crippen molar-refractivity contribution in [1.29, 1.82) is 0 Å². The van der Waals surface area contributed by atoms with Crippen LogP contribution in [0.5, 0.6) is 0 Å². The fourth-order valence-electron chi connectivity index (χ4n) is 0.993. The summed E-state index contributed by atoms with van der Waals surface area (Å²) in [4.78, 5) is 9.14. The zero-order chi connectivity index (χ0) is 10.4. The van der Waals surface area contributed by atoms with Crippen LogP contribution >= 0.6 is 0 Å². The van der Waals surface area contributed by atoms with Gasteiger partial charge in [0.1, 0.15) is 12.1 Å². The van der Waals surface area contributed by atoms with Crippen LogP contribution in [0.25, 0.3) is 0 Å². The van der Waals surface area contributed by atoms with Crippen LogP contribution < -0.4 is 4.90 Å². The smallest absolute Gasteiger partial charge is 0.218 e. The highest BCUT2D eigenvalue weighted by Gasteiger charge is 2.03. The second-order valence-electron chi connectivity index (χ2n) is 2.82. The molecule has 0 N–H and O–H groups in total. The molecule has 0 saturated carbocycles. The second-order valence-corrected chi connectivity index (χ2v) is 2.82. The predicted molar refractivity (Wildman–Crippen MR) is 51.8 cm³/mol. The maximum Gasteiger partial charge on any atom is 0.218 e. The summed E-state index contributed by atoms with van der Waals surface area (Å²) in [5.74, 6) is 0.0514. The third kappa shape index (κ3) is 3.26. The lowest BCUT2D eigenvalue weighted by Gasteiger charge is -2.17. The number of anilines is 1. The van der Waals surface area contributed by atoms with Crippen LogP contribution in [0, 0.1) is 5.95 Å². The van der Waals surface area contributed by atoms with Crippen molar-refractivity contribution >= 4 is 5.82 Å². The van der Waals surface area contributed by atoms with Crippen molar-refractivity contribution in [1.82, 2.24) is 9.97 Å². The minimum atomic E-state index is -0.516. The molecule has 0 atom stereocenters. The number of ether oxygens (including phenoxy) is 1. The van der Waals surface area contributed by atoms with Gasteiger partial charge in [0.25, 0.3) is 0 Å². The summed E-state index contributed by atoms with van der Waals surface area (Å²) in [6, 6.07) is 1.30. The average Bonchev–Trinajstić information content (AvgIpc) is 2.18. The molecule has 1 aromatic rings. The van der Waals surface area contributed by atoms with E-state index in [2.05, 4.69) is 9.97 Å². The first-order chi connectivity index (χ1) is 6.74. The lowest BCUT2D eigenvalue weighted by Crippen LogP contribution is -2.23. The number of rotatable bonds is 5. The van der Waals surface area contributed by atoms with E-state index in [0.29, 0.717) is 25.6 Å². The lowest BCUT2D eigenvalue weighted by molar-refractivity contribution is 0.154. The minimum Gasteiger partial charge on any atom is -0.380 e. The van der Waals surface area contributed by atoms with E-state index in [1.807, 2.05) is 18.9 Å². The fourth-order valence-corrected chi connectivity index (χ4v) is 0.993. The molecule has 0 aromatic carbocycles. The van der Waals surface area contributed by atoms with E-state index in [9.17, 15) is 4.39 Å². The quantitative estimate of drug-likeness (QED) is 0.525. The molecule has 14 heavy (non-hydrogen) atoms. The Balaban J connectivity index is 2.47. The van der Waals surface area contributed by atoms with E-state index < -0.39 is 5.95 Å². The standard InChI is InChI=1S/C9H14FN3O/c1-3-14-5-4-13(2)9-6-8(10)11-7-12-9/h6-7H,3-5H2,1-2H3. The highest BCUT2D eigenvalue weighted by atomic mass is 19.1. The summed E-state index contributed by atoms with van der Waals surface area (Å²) in [5.41, 5.74) is 0. The molecule has 0 amide bonds. The van der Waals surface area contributed by atoms with Crippen molar-refractivity contribution in [2.45, 2.75) is 6.92 Å². The zero-order valence-electron chi connectivity index (χ0n) is 8.40. The minimum absolute atomic E-state index is 0.516. The molecule has 5 heteroatoms. The first kappa shape index (κ1) is 10.8. The molecule has 78 valence electrons. The van der Waals surface area contributed by atoms with Gasteiger partial charge in [-0.15, -0.1) is 0 Å². The third-order valence-electron chi connectivity index (χ3n) is 1.79. The Hall–Kier alpha value is -1.23. The van der Waals surface area contributed by atoms with Gasteiger partial charge in [0.05, 0.1) is 6.61 Å². The average molecular weight is 199 g/mol. The van der Waals surface area contributed by atoms with E-state index >= 15 is 0 Å². The van der Waals surface area contributed by atoms with Crippen molar-refractivity contribution in [3.05, 3.63) is 18.3 Å². The van der Waals surface area contributed by atoms with E-state index in [1.54, 1.807) is 0 Å². The summed E-state index contributed by atoms with van der Waals surface area (Å²) in [6.45, 7) is 3.92. The number of likely N-dealkylation sites (N-methyl/N-ethyl adjacent to an activating group) is 1. The van der Waals surface area contributed by atoms with Gasteiger partial charge in [-0.05, 0) is 6.92 Å². The monoisotopic (exact) mass is 199 g/mol. The van der Waals surface area contributed by atoms with Crippen LogP contribution in [0.1, 0.15) is 6.92 Å². The highest BCUT2D eigenvalue weighted by Crippen LogP contribution is 2.07. The Morgan fingerprint density at radius 2 is 2.29 bits per heavy atom. The molecule has 1 heterocycles. The summed E-state index contributed by atoms with van der Waals surface area (Å²) < 4.78 is 17.9. The van der Waals surface area contributed by atoms with Crippen molar-refractivity contribution < 1.29 is 9.13 Å². The first-order valence-electron chi connectivity index (χ1n) is 4.50. The number of hydrogen-bond acceptors (Lipinski definition) is 4. The molecule has 4 nitrogen and oxygen atoms in total. The fraction of sp³-hybridized carbons (Fsp3) is 0.556. The van der Waals surface area contributed by atoms with Crippen molar-refractivity contribution in [3.63, 3.8) is 0 Å². The first-order valence-corrected chi connectivity index (χ1v) is 4.50. The van der Waals surface area contributed by atoms with Gasteiger partial charge in [0.2, 0.25) is 5.95 Å². The van der Waals surface area contributed by atoms with Gasteiger partial charge in [-0.2, -0.15) is 4.39 Å². The molecule has 0 unspecified atom stereocenters. The van der Waals surface area contributed by atoms with Crippen molar-refractivity contribution in [2.24, 2.45) is 0 Å². The van der Waals surface area contributed by atoms with Gasteiger partial charge < -0.3 is 9.64 Å². The van der Waals surface area contributed by atoms with Gasteiger partial charge in [-0.25, -0.2) is 9.97 Å². The molecule has 0 aliphatic heterocycles. The molecule has 0 saturated heterocycles. The highest BCUT2D eigenvalue weighted by molar-refractivity contribution is 5.35. The van der Waals surface area contributed by atoms with Gasteiger partial charge in [-0.3, -0.25) is 0 Å². The Labute approximate surface area is 82.7 Å². The summed E-state index contributed by atoms with van der Waals surface area (Å²) in [7, 11) is 1.83. The Kier molecular flexibility index (Phi) is 4.25. The number of aromatic nitrogens is 2. The molecular formula is C9H14FN3O. The molecule has 0 fully saturated rings. The van der Waals surface area contributed by atoms with E-state index in [1.165, 1.54) is 12.4 Å². The van der Waals surface area contributed by atoms with Gasteiger partial charge in [-0.1, -0.05) is 0 Å². The SMILES string of the molecule is CCOCCN(C)c1cc(F)ncn1. The topological polar surface area (TPSA) is 38.2 Å². The molecular weight excluding hydrogens is 185 g/mol. The molecule has 0 aliphatic rings. The predicted octanol–water partition coefficient (Wildman–Crippen LogP) is 1.09. The van der Waals surface area contributed by atoms with E-state index in [-0.39, 0.29) is 0 Å². The summed E-state index contributed by atoms with van der Waals surface area (Å²) >= 11 is 0. The van der Waals surface area contributed by atoms with Crippen LogP contribution in [0.15, 0.2) is 12.4 Å². The summed E-state index contributed by atoms with van der Waals surface area (Å²) in [6.07, 6.45) is 1.21. The molecule has 0 radical (unpaired) electrons. The maximum absolute atomic E-state index is 12.7. The van der Waals surface area contributed by atoms with Crippen LogP contribution in [0.2, 0.25) is 0 Å². The third-order valence-corrected chi connectivity index (χ3v) is 1.79. The number of hydrogen-bond donors (Lipinski definition) is 0. The Morgan fingerprint density at radius 1 is 1.50 bits per heavy atom.